The molecule has 0 amide bonds. The molecular formula is C11H15NO2. The maximum atomic E-state index is 11.3. The Balaban J connectivity index is 3.13. The minimum absolute atomic E-state index is 0.0710. The molecule has 3 nitrogen and oxygen atoms in total. The summed E-state index contributed by atoms with van der Waals surface area (Å²) in [5.41, 5.74) is 8.26. The lowest BCUT2D eigenvalue weighted by molar-refractivity contribution is 0.0600. The Hall–Kier alpha value is -1.35. The Bertz CT molecular complexity index is 345. The molecule has 0 aromatic heterocycles. The van der Waals surface area contributed by atoms with Gasteiger partial charge in [0.05, 0.1) is 12.7 Å². The number of nitrogens with two attached hydrogens (primary N) is 1. The highest BCUT2D eigenvalue weighted by atomic mass is 16.5. The average Bonchev–Trinajstić information content (AvgIpc) is 2.15. The molecule has 0 unspecified atom stereocenters. The second-order valence-corrected chi connectivity index (χ2v) is 3.41. The molecule has 0 aliphatic carbocycles. The van der Waals surface area contributed by atoms with Crippen molar-refractivity contribution in [2.24, 2.45) is 5.73 Å². The van der Waals surface area contributed by atoms with Gasteiger partial charge in [0, 0.05) is 6.04 Å². The summed E-state index contributed by atoms with van der Waals surface area (Å²) in [6, 6.07) is 5.46. The van der Waals surface area contributed by atoms with Gasteiger partial charge in [-0.05, 0) is 37.1 Å². The highest BCUT2D eigenvalue weighted by Crippen LogP contribution is 2.15. The largest absolute Gasteiger partial charge is 0.465 e. The molecule has 0 saturated carbocycles. The van der Waals surface area contributed by atoms with Crippen molar-refractivity contribution in [3.63, 3.8) is 0 Å². The van der Waals surface area contributed by atoms with E-state index in [2.05, 4.69) is 4.74 Å². The van der Waals surface area contributed by atoms with Crippen LogP contribution in [0.25, 0.3) is 0 Å². The van der Waals surface area contributed by atoms with Crippen molar-refractivity contribution in [2.75, 3.05) is 7.11 Å². The summed E-state index contributed by atoms with van der Waals surface area (Å²) in [6.45, 7) is 3.81. The zero-order valence-electron chi connectivity index (χ0n) is 8.70. The van der Waals surface area contributed by atoms with E-state index in [1.165, 1.54) is 7.11 Å². The molecule has 0 saturated heterocycles. The summed E-state index contributed by atoms with van der Waals surface area (Å²) in [5, 5.41) is 0. The van der Waals surface area contributed by atoms with Gasteiger partial charge in [-0.2, -0.15) is 0 Å². The number of hydrogen-bond donors (Lipinski definition) is 1. The number of carbonyl (C=O) groups is 1. The van der Waals surface area contributed by atoms with Gasteiger partial charge < -0.3 is 10.5 Å². The Morgan fingerprint density at radius 3 is 2.57 bits per heavy atom. The van der Waals surface area contributed by atoms with Crippen LogP contribution in [0.2, 0.25) is 0 Å². The van der Waals surface area contributed by atoms with Gasteiger partial charge in [-0.25, -0.2) is 4.79 Å². The highest BCUT2D eigenvalue weighted by Gasteiger charge is 2.08. The minimum atomic E-state index is -0.324. The van der Waals surface area contributed by atoms with E-state index >= 15 is 0 Å². The van der Waals surface area contributed by atoms with Crippen molar-refractivity contribution in [1.82, 2.24) is 0 Å². The Morgan fingerprint density at radius 2 is 2.07 bits per heavy atom. The number of benzene rings is 1. The predicted molar refractivity (Wildman–Crippen MR) is 55.1 cm³/mol. The first-order valence-electron chi connectivity index (χ1n) is 4.50. The topological polar surface area (TPSA) is 52.3 Å². The van der Waals surface area contributed by atoms with Gasteiger partial charge in [-0.1, -0.05) is 6.07 Å². The molecular weight excluding hydrogens is 178 g/mol. The molecule has 0 heterocycles. The van der Waals surface area contributed by atoms with Crippen LogP contribution >= 0.6 is 0 Å². The first-order chi connectivity index (χ1) is 6.54. The second kappa shape index (κ2) is 4.24. The standard InChI is InChI=1S/C11H15NO2/c1-7-4-9(8(2)12)6-10(5-7)11(13)14-3/h4-6,8H,12H2,1-3H3/t8-/m0/s1. The monoisotopic (exact) mass is 193 g/mol. The molecule has 0 aliphatic rings. The van der Waals surface area contributed by atoms with Gasteiger partial charge in [-0.15, -0.1) is 0 Å². The summed E-state index contributed by atoms with van der Waals surface area (Å²) >= 11 is 0. The van der Waals surface area contributed by atoms with Crippen molar-refractivity contribution in [2.45, 2.75) is 19.9 Å². The fraction of sp³-hybridized carbons (Fsp3) is 0.364. The van der Waals surface area contributed by atoms with E-state index in [9.17, 15) is 4.79 Å². The van der Waals surface area contributed by atoms with E-state index in [-0.39, 0.29) is 12.0 Å². The Labute approximate surface area is 83.9 Å². The first kappa shape index (κ1) is 10.7. The Kier molecular flexibility index (Phi) is 3.25. The van der Waals surface area contributed by atoms with Crippen LogP contribution in [0.5, 0.6) is 0 Å². The molecule has 1 aromatic carbocycles. The van der Waals surface area contributed by atoms with Crippen molar-refractivity contribution in [3.05, 3.63) is 34.9 Å². The van der Waals surface area contributed by atoms with Gasteiger partial charge in [0.15, 0.2) is 0 Å². The van der Waals surface area contributed by atoms with Crippen LogP contribution in [0, 0.1) is 6.92 Å². The molecule has 3 heteroatoms. The number of rotatable bonds is 2. The van der Waals surface area contributed by atoms with Crippen molar-refractivity contribution < 1.29 is 9.53 Å². The lowest BCUT2D eigenvalue weighted by Crippen LogP contribution is -2.08. The second-order valence-electron chi connectivity index (χ2n) is 3.41. The maximum Gasteiger partial charge on any atom is 0.337 e. The summed E-state index contributed by atoms with van der Waals surface area (Å²) in [6.07, 6.45) is 0. The number of ether oxygens (including phenoxy) is 1. The molecule has 0 fully saturated rings. The van der Waals surface area contributed by atoms with Gasteiger partial charge in [0.25, 0.3) is 0 Å². The third kappa shape index (κ3) is 2.33. The number of carbonyl (C=O) groups excluding carboxylic acids is 1. The molecule has 0 bridgehead atoms. The highest BCUT2D eigenvalue weighted by molar-refractivity contribution is 5.89. The van der Waals surface area contributed by atoms with E-state index < -0.39 is 0 Å². The third-order valence-corrected chi connectivity index (χ3v) is 2.05. The van der Waals surface area contributed by atoms with Crippen LogP contribution in [0.1, 0.15) is 34.5 Å². The Morgan fingerprint density at radius 1 is 1.43 bits per heavy atom. The molecule has 2 N–H and O–H groups in total. The summed E-state index contributed by atoms with van der Waals surface area (Å²) < 4.78 is 4.65. The molecule has 1 atom stereocenters. The molecule has 76 valence electrons. The van der Waals surface area contributed by atoms with Gasteiger partial charge >= 0.3 is 5.97 Å². The van der Waals surface area contributed by atoms with Crippen LogP contribution in [0.3, 0.4) is 0 Å². The van der Waals surface area contributed by atoms with Crippen molar-refractivity contribution >= 4 is 5.97 Å². The number of hydrogen-bond acceptors (Lipinski definition) is 3. The van der Waals surface area contributed by atoms with E-state index in [1.54, 1.807) is 12.1 Å². The van der Waals surface area contributed by atoms with Gasteiger partial charge in [-0.3, -0.25) is 0 Å². The maximum absolute atomic E-state index is 11.3. The zero-order chi connectivity index (χ0) is 10.7. The number of esters is 1. The normalized spacial score (nSPS) is 12.3. The van der Waals surface area contributed by atoms with E-state index in [0.29, 0.717) is 5.56 Å². The molecule has 1 rings (SSSR count). The lowest BCUT2D eigenvalue weighted by Gasteiger charge is -2.08. The zero-order valence-corrected chi connectivity index (χ0v) is 8.70. The minimum Gasteiger partial charge on any atom is -0.465 e. The fourth-order valence-corrected chi connectivity index (χ4v) is 1.31. The predicted octanol–water partition coefficient (Wildman–Crippen LogP) is 1.80. The summed E-state index contributed by atoms with van der Waals surface area (Å²) in [5.74, 6) is -0.324. The van der Waals surface area contributed by atoms with E-state index in [4.69, 9.17) is 5.73 Å². The number of aryl methyl sites for hydroxylation is 1. The number of methoxy groups -OCH3 is 1. The van der Waals surface area contributed by atoms with E-state index in [0.717, 1.165) is 11.1 Å². The van der Waals surface area contributed by atoms with Gasteiger partial charge in [0.2, 0.25) is 0 Å². The van der Waals surface area contributed by atoms with Crippen LogP contribution in [-0.2, 0) is 4.74 Å². The molecule has 0 radical (unpaired) electrons. The lowest BCUT2D eigenvalue weighted by atomic mass is 10.0. The summed E-state index contributed by atoms with van der Waals surface area (Å²) in [7, 11) is 1.37. The molecule has 1 aromatic rings. The van der Waals surface area contributed by atoms with Crippen LogP contribution in [-0.4, -0.2) is 13.1 Å². The van der Waals surface area contributed by atoms with Crippen LogP contribution in [0.4, 0.5) is 0 Å². The van der Waals surface area contributed by atoms with Crippen LogP contribution < -0.4 is 5.73 Å². The van der Waals surface area contributed by atoms with Gasteiger partial charge in [0.1, 0.15) is 0 Å². The average molecular weight is 193 g/mol. The smallest absolute Gasteiger partial charge is 0.337 e. The molecule has 0 spiro atoms. The molecule has 0 aliphatic heterocycles. The summed E-state index contributed by atoms with van der Waals surface area (Å²) in [4.78, 5) is 11.3. The fourth-order valence-electron chi connectivity index (χ4n) is 1.31. The van der Waals surface area contributed by atoms with Crippen molar-refractivity contribution in [3.8, 4) is 0 Å². The van der Waals surface area contributed by atoms with E-state index in [1.807, 2.05) is 19.9 Å². The quantitative estimate of drug-likeness (QED) is 0.729. The molecule has 14 heavy (non-hydrogen) atoms. The van der Waals surface area contributed by atoms with Crippen molar-refractivity contribution in [1.29, 1.82) is 0 Å². The first-order valence-corrected chi connectivity index (χ1v) is 4.50. The SMILES string of the molecule is COC(=O)c1cc(C)cc([C@H](C)N)c1. The van der Waals surface area contributed by atoms with Crippen LogP contribution in [0.15, 0.2) is 18.2 Å². The third-order valence-electron chi connectivity index (χ3n) is 2.05.